The highest BCUT2D eigenvalue weighted by Crippen LogP contribution is 2.19. The van der Waals surface area contributed by atoms with Crippen LogP contribution in [0.4, 0.5) is 0 Å². The van der Waals surface area contributed by atoms with E-state index in [0.717, 1.165) is 11.4 Å². The van der Waals surface area contributed by atoms with Crippen molar-refractivity contribution in [3.8, 4) is 11.3 Å². The highest BCUT2D eigenvalue weighted by atomic mass is 16.5. The number of hydrogen-bond acceptors (Lipinski definition) is 5. The molecule has 2 rings (SSSR count). The molecule has 0 bridgehead atoms. The fourth-order valence-electron chi connectivity index (χ4n) is 1.20. The third-order valence-electron chi connectivity index (χ3n) is 1.74. The minimum absolute atomic E-state index is 0.619. The van der Waals surface area contributed by atoms with Crippen molar-refractivity contribution >= 4 is 6.21 Å². The molecular formula is C8H8N4O2. The van der Waals surface area contributed by atoms with Gasteiger partial charge in [-0.25, -0.2) is 4.98 Å². The summed E-state index contributed by atoms with van der Waals surface area (Å²) in [5.41, 5.74) is 2.01. The van der Waals surface area contributed by atoms with Gasteiger partial charge < -0.3 is 14.7 Å². The maximum atomic E-state index is 8.43. The summed E-state index contributed by atoms with van der Waals surface area (Å²) in [5, 5.41) is 14.9. The Morgan fingerprint density at radius 2 is 2.50 bits per heavy atom. The third-order valence-corrected chi connectivity index (χ3v) is 1.74. The summed E-state index contributed by atoms with van der Waals surface area (Å²) >= 11 is 0. The van der Waals surface area contributed by atoms with Gasteiger partial charge in [-0.1, -0.05) is 10.3 Å². The minimum atomic E-state index is 0.619. The number of H-pyrrole nitrogens is 1. The zero-order valence-electron chi connectivity index (χ0n) is 7.43. The summed E-state index contributed by atoms with van der Waals surface area (Å²) in [6, 6.07) is 0. The number of hydrogen-bond donors (Lipinski definition) is 2. The standard InChI is InChI=1S/C8H8N4O2/c1-5-11-7(3-9-13)8(12-5)6-2-10-14-4-6/h2-4,13H,1H3,(H,11,12). The van der Waals surface area contributed by atoms with Crippen molar-refractivity contribution in [2.75, 3.05) is 0 Å². The molecule has 0 spiro atoms. The summed E-state index contributed by atoms with van der Waals surface area (Å²) in [6.07, 6.45) is 4.30. The smallest absolute Gasteiger partial charge is 0.133 e. The van der Waals surface area contributed by atoms with E-state index in [4.69, 9.17) is 9.73 Å². The van der Waals surface area contributed by atoms with E-state index in [-0.39, 0.29) is 0 Å². The van der Waals surface area contributed by atoms with Crippen LogP contribution in [0.2, 0.25) is 0 Å². The van der Waals surface area contributed by atoms with Crippen LogP contribution >= 0.6 is 0 Å². The molecular weight excluding hydrogens is 184 g/mol. The Balaban J connectivity index is 2.52. The summed E-state index contributed by atoms with van der Waals surface area (Å²) < 4.78 is 4.70. The first-order valence-electron chi connectivity index (χ1n) is 3.95. The number of aryl methyl sites for hydroxylation is 1. The molecule has 2 aromatic heterocycles. The Morgan fingerprint density at radius 1 is 1.64 bits per heavy atom. The monoisotopic (exact) mass is 192 g/mol. The van der Waals surface area contributed by atoms with Crippen molar-refractivity contribution in [1.82, 2.24) is 15.1 Å². The van der Waals surface area contributed by atoms with Crippen LogP contribution in [0.25, 0.3) is 11.3 Å². The number of aromatic amines is 1. The molecule has 0 aliphatic rings. The van der Waals surface area contributed by atoms with Crippen LogP contribution in [0.1, 0.15) is 11.5 Å². The van der Waals surface area contributed by atoms with Crippen LogP contribution in [-0.4, -0.2) is 26.5 Å². The molecule has 72 valence electrons. The lowest BCUT2D eigenvalue weighted by molar-refractivity contribution is 0.321. The van der Waals surface area contributed by atoms with E-state index in [1.165, 1.54) is 12.5 Å². The molecule has 2 N–H and O–H groups in total. The number of nitrogens with one attached hydrogen (secondary N) is 1. The van der Waals surface area contributed by atoms with Crippen molar-refractivity contribution in [3.05, 3.63) is 24.0 Å². The maximum Gasteiger partial charge on any atom is 0.133 e. The van der Waals surface area contributed by atoms with E-state index >= 15 is 0 Å². The summed E-state index contributed by atoms with van der Waals surface area (Å²) in [5.74, 6) is 0.733. The Labute approximate surface area is 79.3 Å². The first-order valence-corrected chi connectivity index (χ1v) is 3.95. The van der Waals surface area contributed by atoms with Crippen LogP contribution in [0, 0.1) is 6.92 Å². The highest BCUT2D eigenvalue weighted by Gasteiger charge is 2.10. The molecule has 6 nitrogen and oxygen atoms in total. The molecule has 14 heavy (non-hydrogen) atoms. The van der Waals surface area contributed by atoms with E-state index in [1.54, 1.807) is 6.20 Å². The van der Waals surface area contributed by atoms with Gasteiger partial charge >= 0.3 is 0 Å². The number of imidazole rings is 1. The quantitative estimate of drug-likeness (QED) is 0.425. The van der Waals surface area contributed by atoms with Gasteiger partial charge in [0.15, 0.2) is 0 Å². The van der Waals surface area contributed by atoms with Crippen molar-refractivity contribution in [2.45, 2.75) is 6.92 Å². The lowest BCUT2D eigenvalue weighted by Crippen LogP contribution is -1.85. The fraction of sp³-hybridized carbons (Fsp3) is 0.125. The molecule has 0 aromatic carbocycles. The Bertz CT molecular complexity index is 444. The molecule has 0 aliphatic carbocycles. The predicted molar refractivity (Wildman–Crippen MR) is 48.2 cm³/mol. The van der Waals surface area contributed by atoms with E-state index < -0.39 is 0 Å². The first-order chi connectivity index (χ1) is 6.81. The molecule has 2 aromatic rings. The molecule has 0 radical (unpaired) electrons. The van der Waals surface area contributed by atoms with Gasteiger partial charge in [0.2, 0.25) is 0 Å². The maximum absolute atomic E-state index is 8.43. The summed E-state index contributed by atoms with van der Waals surface area (Å²) in [4.78, 5) is 7.16. The second kappa shape index (κ2) is 3.33. The van der Waals surface area contributed by atoms with Gasteiger partial charge in [0.05, 0.1) is 23.7 Å². The molecule has 2 heterocycles. The van der Waals surface area contributed by atoms with Crippen LogP contribution in [0.5, 0.6) is 0 Å². The Kier molecular flexibility index (Phi) is 2.02. The van der Waals surface area contributed by atoms with Gasteiger partial charge in [-0.2, -0.15) is 0 Å². The Hall–Kier alpha value is -2.11. The van der Waals surface area contributed by atoms with Crippen molar-refractivity contribution in [1.29, 1.82) is 0 Å². The van der Waals surface area contributed by atoms with Gasteiger partial charge in [0, 0.05) is 0 Å². The molecule has 0 saturated heterocycles. The molecule has 0 atom stereocenters. The lowest BCUT2D eigenvalue weighted by Gasteiger charge is -1.89. The van der Waals surface area contributed by atoms with Gasteiger partial charge in [0.1, 0.15) is 17.8 Å². The topological polar surface area (TPSA) is 87.3 Å². The first kappa shape index (κ1) is 8.49. The molecule has 0 aliphatic heterocycles. The van der Waals surface area contributed by atoms with E-state index in [1.807, 2.05) is 6.92 Å². The second-order valence-corrected chi connectivity index (χ2v) is 2.74. The van der Waals surface area contributed by atoms with Crippen LogP contribution in [0.3, 0.4) is 0 Å². The average molecular weight is 192 g/mol. The van der Waals surface area contributed by atoms with Crippen molar-refractivity contribution in [2.24, 2.45) is 5.16 Å². The number of aromatic nitrogens is 3. The molecule has 0 amide bonds. The third kappa shape index (κ3) is 1.37. The highest BCUT2D eigenvalue weighted by molar-refractivity contribution is 5.86. The van der Waals surface area contributed by atoms with Gasteiger partial charge in [-0.05, 0) is 6.92 Å². The van der Waals surface area contributed by atoms with Gasteiger partial charge in [0.25, 0.3) is 0 Å². The van der Waals surface area contributed by atoms with E-state index in [9.17, 15) is 0 Å². The van der Waals surface area contributed by atoms with Crippen molar-refractivity contribution in [3.63, 3.8) is 0 Å². The molecule has 0 saturated carbocycles. The number of oxime groups is 1. The Morgan fingerprint density at radius 3 is 3.14 bits per heavy atom. The fourth-order valence-corrected chi connectivity index (χ4v) is 1.20. The van der Waals surface area contributed by atoms with Gasteiger partial charge in [-0.15, -0.1) is 0 Å². The van der Waals surface area contributed by atoms with Crippen molar-refractivity contribution < 1.29 is 9.73 Å². The normalized spacial score (nSPS) is 11.2. The molecule has 0 fully saturated rings. The number of nitrogens with zero attached hydrogens (tertiary/aromatic N) is 3. The second-order valence-electron chi connectivity index (χ2n) is 2.74. The minimum Gasteiger partial charge on any atom is -0.411 e. The summed E-state index contributed by atoms with van der Waals surface area (Å²) in [6.45, 7) is 1.81. The lowest BCUT2D eigenvalue weighted by atomic mass is 10.2. The van der Waals surface area contributed by atoms with E-state index in [2.05, 4.69) is 20.3 Å². The summed E-state index contributed by atoms with van der Waals surface area (Å²) in [7, 11) is 0. The van der Waals surface area contributed by atoms with Crippen LogP contribution in [-0.2, 0) is 0 Å². The molecule has 0 unspecified atom stereocenters. The van der Waals surface area contributed by atoms with Gasteiger partial charge in [-0.3, -0.25) is 0 Å². The average Bonchev–Trinajstić information content (AvgIpc) is 2.74. The predicted octanol–water partition coefficient (Wildman–Crippen LogP) is 1.18. The SMILES string of the molecule is Cc1nc(-c2cnoc2)c(C=NO)[nH]1. The zero-order chi connectivity index (χ0) is 9.97. The van der Waals surface area contributed by atoms with Crippen LogP contribution < -0.4 is 0 Å². The largest absolute Gasteiger partial charge is 0.411 e. The molecule has 6 heteroatoms. The van der Waals surface area contributed by atoms with E-state index in [0.29, 0.717) is 11.4 Å². The van der Waals surface area contributed by atoms with Crippen LogP contribution in [0.15, 0.2) is 22.1 Å². The number of rotatable bonds is 2. The zero-order valence-corrected chi connectivity index (χ0v) is 7.43.